The minimum atomic E-state index is -3.68. The maximum Gasteiger partial charge on any atom is 0.260 e. The number of hydrogen-bond donors (Lipinski definition) is 1. The fraction of sp³-hybridized carbons (Fsp3) is 0.300. The molecule has 0 spiro atoms. The largest absolute Gasteiger partial charge is 0.271 e. The van der Waals surface area contributed by atoms with E-state index in [-0.39, 0.29) is 0 Å². The van der Waals surface area contributed by atoms with Gasteiger partial charge in [0.1, 0.15) is 6.54 Å². The van der Waals surface area contributed by atoms with E-state index in [1.807, 2.05) is 24.3 Å². The molecule has 2 aromatic rings. The van der Waals surface area contributed by atoms with Crippen LogP contribution in [0, 0.1) is 6.92 Å². The van der Waals surface area contributed by atoms with Crippen molar-refractivity contribution >= 4 is 39.4 Å². The van der Waals surface area contributed by atoms with Gasteiger partial charge in [-0.25, -0.2) is 13.8 Å². The number of aryl methyl sites for hydroxylation is 1. The second kappa shape index (κ2) is 9.21. The number of benzene rings is 2. The van der Waals surface area contributed by atoms with Crippen LogP contribution < -0.4 is 9.73 Å². The quantitative estimate of drug-likeness (QED) is 0.547. The highest BCUT2D eigenvalue weighted by Crippen LogP contribution is 2.26. The lowest BCUT2D eigenvalue weighted by atomic mass is 10.0. The maximum absolute atomic E-state index is 12.2. The van der Waals surface area contributed by atoms with E-state index in [0.29, 0.717) is 22.2 Å². The van der Waals surface area contributed by atoms with Crippen molar-refractivity contribution in [2.24, 2.45) is 5.10 Å². The first kappa shape index (κ1) is 21.9. The topological polar surface area (TPSA) is 78.8 Å². The van der Waals surface area contributed by atoms with Gasteiger partial charge in [-0.2, -0.15) is 5.10 Å². The van der Waals surface area contributed by atoms with Crippen LogP contribution in [0.3, 0.4) is 0 Å². The summed E-state index contributed by atoms with van der Waals surface area (Å²) in [5, 5.41) is 4.30. The van der Waals surface area contributed by atoms with Gasteiger partial charge in [-0.15, -0.1) is 0 Å². The second-order valence-electron chi connectivity index (χ2n) is 6.81. The van der Waals surface area contributed by atoms with Crippen LogP contribution in [0.2, 0.25) is 5.02 Å². The molecular weight excluding hydrogens is 398 g/mol. The van der Waals surface area contributed by atoms with Crippen LogP contribution in [0.5, 0.6) is 0 Å². The molecule has 0 aliphatic carbocycles. The lowest BCUT2D eigenvalue weighted by Gasteiger charge is -2.23. The van der Waals surface area contributed by atoms with Crippen LogP contribution in [0.15, 0.2) is 47.6 Å². The number of anilines is 1. The molecule has 8 heteroatoms. The van der Waals surface area contributed by atoms with Crippen LogP contribution in [-0.4, -0.2) is 33.3 Å². The molecule has 150 valence electrons. The second-order valence-corrected chi connectivity index (χ2v) is 9.16. The van der Waals surface area contributed by atoms with Gasteiger partial charge in [-0.05, 0) is 41.7 Å². The lowest BCUT2D eigenvalue weighted by molar-refractivity contribution is -0.119. The molecule has 2 rings (SSSR count). The summed E-state index contributed by atoms with van der Waals surface area (Å²) in [5.74, 6) is -0.123. The fourth-order valence-electron chi connectivity index (χ4n) is 2.54. The number of sulfonamides is 1. The van der Waals surface area contributed by atoms with Gasteiger partial charge in [0.05, 0.1) is 18.2 Å². The monoisotopic (exact) mass is 421 g/mol. The van der Waals surface area contributed by atoms with Crippen molar-refractivity contribution in [2.45, 2.75) is 26.7 Å². The number of carbonyl (C=O) groups excluding carboxylic acids is 1. The van der Waals surface area contributed by atoms with Gasteiger partial charge in [0.15, 0.2) is 0 Å². The molecule has 28 heavy (non-hydrogen) atoms. The SMILES string of the molecule is Cc1ccc(Cl)cc1N(CC(=O)N/N=C\c1ccc(C(C)C)cc1)S(C)(=O)=O. The van der Waals surface area contributed by atoms with E-state index in [1.165, 1.54) is 17.8 Å². The number of nitrogens with zero attached hydrogens (tertiary/aromatic N) is 2. The normalized spacial score (nSPS) is 11.8. The van der Waals surface area contributed by atoms with Gasteiger partial charge in [0.25, 0.3) is 5.91 Å². The number of hydrogen-bond acceptors (Lipinski definition) is 4. The van der Waals surface area contributed by atoms with Gasteiger partial charge in [-0.1, -0.05) is 55.8 Å². The third-order valence-corrected chi connectivity index (χ3v) is 5.49. The highest BCUT2D eigenvalue weighted by atomic mass is 35.5. The molecule has 0 aromatic heterocycles. The highest BCUT2D eigenvalue weighted by molar-refractivity contribution is 7.92. The highest BCUT2D eigenvalue weighted by Gasteiger charge is 2.22. The van der Waals surface area contributed by atoms with Gasteiger partial charge < -0.3 is 0 Å². The van der Waals surface area contributed by atoms with Crippen molar-refractivity contribution in [3.8, 4) is 0 Å². The van der Waals surface area contributed by atoms with Gasteiger partial charge in [0, 0.05) is 5.02 Å². The summed E-state index contributed by atoms with van der Waals surface area (Å²) < 4.78 is 25.4. The number of amides is 1. The van der Waals surface area contributed by atoms with Crippen molar-refractivity contribution < 1.29 is 13.2 Å². The molecule has 0 aliphatic heterocycles. The van der Waals surface area contributed by atoms with Crippen molar-refractivity contribution in [3.05, 3.63) is 64.2 Å². The third-order valence-electron chi connectivity index (χ3n) is 4.13. The molecule has 0 bridgehead atoms. The van der Waals surface area contributed by atoms with Crippen LogP contribution in [-0.2, 0) is 14.8 Å². The number of carbonyl (C=O) groups is 1. The predicted octanol–water partition coefficient (Wildman–Crippen LogP) is 3.69. The summed E-state index contributed by atoms with van der Waals surface area (Å²) in [6.45, 7) is 5.57. The fourth-order valence-corrected chi connectivity index (χ4v) is 3.62. The Morgan fingerprint density at radius 3 is 2.43 bits per heavy atom. The Labute approximate surface area is 171 Å². The number of nitrogens with one attached hydrogen (secondary N) is 1. The van der Waals surface area contributed by atoms with Crippen LogP contribution in [0.1, 0.15) is 36.5 Å². The Morgan fingerprint density at radius 1 is 1.21 bits per heavy atom. The Hall–Kier alpha value is -2.38. The summed E-state index contributed by atoms with van der Waals surface area (Å²) >= 11 is 5.98. The Morgan fingerprint density at radius 2 is 1.86 bits per heavy atom. The first-order valence-corrected chi connectivity index (χ1v) is 11.0. The van der Waals surface area contributed by atoms with Crippen molar-refractivity contribution in [1.82, 2.24) is 5.43 Å². The van der Waals surface area contributed by atoms with Crippen LogP contribution >= 0.6 is 11.6 Å². The summed E-state index contributed by atoms with van der Waals surface area (Å²) in [6.07, 6.45) is 2.55. The zero-order valence-corrected chi connectivity index (χ0v) is 17.9. The summed E-state index contributed by atoms with van der Waals surface area (Å²) in [6, 6.07) is 12.7. The van der Waals surface area contributed by atoms with E-state index in [1.54, 1.807) is 19.1 Å². The minimum absolute atomic E-state index is 0.360. The maximum atomic E-state index is 12.2. The molecule has 0 aliphatic rings. The molecule has 1 N–H and O–H groups in total. The molecule has 6 nitrogen and oxygen atoms in total. The third kappa shape index (κ3) is 6.07. The summed E-state index contributed by atoms with van der Waals surface area (Å²) in [7, 11) is -3.68. The van der Waals surface area contributed by atoms with Gasteiger partial charge in [0.2, 0.25) is 10.0 Å². The average Bonchev–Trinajstić information content (AvgIpc) is 2.61. The zero-order chi connectivity index (χ0) is 20.9. The van der Waals surface area contributed by atoms with Gasteiger partial charge in [-0.3, -0.25) is 9.10 Å². The number of hydrazone groups is 1. The minimum Gasteiger partial charge on any atom is -0.271 e. The number of rotatable bonds is 7. The van der Waals surface area contributed by atoms with Crippen molar-refractivity contribution in [2.75, 3.05) is 17.1 Å². The Kier molecular flexibility index (Phi) is 7.21. The van der Waals surface area contributed by atoms with Gasteiger partial charge >= 0.3 is 0 Å². The number of halogens is 1. The zero-order valence-electron chi connectivity index (χ0n) is 16.3. The van der Waals surface area contributed by atoms with E-state index in [2.05, 4.69) is 24.4 Å². The first-order chi connectivity index (χ1) is 13.1. The van der Waals surface area contributed by atoms with E-state index in [4.69, 9.17) is 11.6 Å². The lowest BCUT2D eigenvalue weighted by Crippen LogP contribution is -2.39. The van der Waals surface area contributed by atoms with Crippen LogP contribution in [0.4, 0.5) is 5.69 Å². The molecule has 2 aromatic carbocycles. The van der Waals surface area contributed by atoms with Crippen LogP contribution in [0.25, 0.3) is 0 Å². The smallest absolute Gasteiger partial charge is 0.260 e. The van der Waals surface area contributed by atoms with E-state index >= 15 is 0 Å². The first-order valence-electron chi connectivity index (χ1n) is 8.73. The van der Waals surface area contributed by atoms with E-state index in [0.717, 1.165) is 16.1 Å². The molecule has 0 saturated heterocycles. The average molecular weight is 422 g/mol. The molecule has 0 atom stereocenters. The molecular formula is C20H24ClN3O3S. The van der Waals surface area contributed by atoms with Crippen molar-refractivity contribution in [1.29, 1.82) is 0 Å². The Balaban J connectivity index is 2.09. The summed E-state index contributed by atoms with van der Waals surface area (Å²) in [4.78, 5) is 12.2. The molecule has 1 amide bonds. The Bertz CT molecular complexity index is 971. The molecule has 0 unspecified atom stereocenters. The summed E-state index contributed by atoms with van der Waals surface area (Å²) in [5.41, 5.74) is 5.46. The standard InChI is InChI=1S/C20H24ClN3O3S/c1-14(2)17-8-6-16(7-9-17)12-22-23-20(25)13-24(28(4,26)27)19-11-18(21)10-5-15(19)3/h5-12,14H,13H2,1-4H3,(H,23,25)/b22-12-. The van der Waals surface area contributed by atoms with E-state index < -0.39 is 22.5 Å². The molecule has 0 heterocycles. The molecule has 0 radical (unpaired) electrons. The van der Waals surface area contributed by atoms with Crippen molar-refractivity contribution in [3.63, 3.8) is 0 Å². The molecule has 0 fully saturated rings. The van der Waals surface area contributed by atoms with E-state index in [9.17, 15) is 13.2 Å². The molecule has 0 saturated carbocycles. The predicted molar refractivity (Wildman–Crippen MR) is 115 cm³/mol.